The molecule has 0 aliphatic carbocycles. The number of morpholine rings is 1. The first-order valence-corrected chi connectivity index (χ1v) is 10.5. The maximum Gasteiger partial charge on any atom is 0.211 e. The molecule has 3 aliphatic heterocycles. The van der Waals surface area contributed by atoms with Crippen LogP contribution in [0.15, 0.2) is 24.3 Å². The number of halogens is 1. The highest BCUT2D eigenvalue weighted by atomic mass is 32.2. The minimum atomic E-state index is -3.23. The highest BCUT2D eigenvalue weighted by Crippen LogP contribution is 2.37. The molecule has 1 atom stereocenters. The highest BCUT2D eigenvalue weighted by molar-refractivity contribution is 7.88. The van der Waals surface area contributed by atoms with E-state index in [1.54, 1.807) is 10.4 Å². The summed E-state index contributed by atoms with van der Waals surface area (Å²) in [6.07, 6.45) is 1.27. The Morgan fingerprint density at radius 3 is 2.76 bits per heavy atom. The second-order valence-corrected chi connectivity index (χ2v) is 9.42. The van der Waals surface area contributed by atoms with Crippen molar-refractivity contribution in [3.63, 3.8) is 0 Å². The summed E-state index contributed by atoms with van der Waals surface area (Å²) in [6, 6.07) is 6.93. The lowest BCUT2D eigenvalue weighted by molar-refractivity contribution is -0.154. The van der Waals surface area contributed by atoms with E-state index in [-0.39, 0.29) is 17.4 Å². The van der Waals surface area contributed by atoms with Gasteiger partial charge < -0.3 is 4.74 Å². The summed E-state index contributed by atoms with van der Waals surface area (Å²) >= 11 is 0. The Morgan fingerprint density at radius 1 is 1.28 bits per heavy atom. The minimum Gasteiger partial charge on any atom is -0.378 e. The third-order valence-corrected chi connectivity index (χ3v) is 6.79. The van der Waals surface area contributed by atoms with Gasteiger partial charge in [-0.25, -0.2) is 12.8 Å². The summed E-state index contributed by atoms with van der Waals surface area (Å²) < 4.78 is 45.3. The van der Waals surface area contributed by atoms with Gasteiger partial charge in [0.2, 0.25) is 10.0 Å². The van der Waals surface area contributed by atoms with E-state index in [0.717, 1.165) is 19.6 Å². The molecular weight excluding hydrogens is 345 g/mol. The zero-order valence-electron chi connectivity index (χ0n) is 14.4. The van der Waals surface area contributed by atoms with Crippen LogP contribution in [0.2, 0.25) is 0 Å². The number of ether oxygens (including phenoxy) is 1. The summed E-state index contributed by atoms with van der Waals surface area (Å²) in [5.41, 5.74) is 0.507. The molecule has 0 N–H and O–H groups in total. The molecule has 1 aromatic rings. The van der Waals surface area contributed by atoms with Crippen molar-refractivity contribution >= 4 is 10.0 Å². The molecule has 8 heteroatoms. The Hall–Kier alpha value is -1.06. The van der Waals surface area contributed by atoms with Crippen molar-refractivity contribution in [3.05, 3.63) is 35.6 Å². The molecule has 0 aromatic heterocycles. The van der Waals surface area contributed by atoms with Crippen LogP contribution in [0.5, 0.6) is 0 Å². The molecule has 6 nitrogen and oxygen atoms in total. The van der Waals surface area contributed by atoms with E-state index in [1.165, 1.54) is 12.3 Å². The van der Waals surface area contributed by atoms with Crippen LogP contribution in [0.4, 0.5) is 4.39 Å². The van der Waals surface area contributed by atoms with Crippen LogP contribution in [-0.4, -0.2) is 86.3 Å². The predicted octanol–water partition coefficient (Wildman–Crippen LogP) is 0.356. The second kappa shape index (κ2) is 6.28. The van der Waals surface area contributed by atoms with E-state index < -0.39 is 10.0 Å². The standard InChI is InChI=1S/C17H24FN3O3S/c1-25(22,23)20-9-15-10-24-7-6-21(15)17(13-20)11-19(12-17)8-14-4-2-3-5-16(14)18/h2-5,15H,6-13H2,1H3. The van der Waals surface area contributed by atoms with Crippen molar-refractivity contribution in [3.8, 4) is 0 Å². The zero-order chi connectivity index (χ0) is 17.7. The SMILES string of the molecule is CS(=O)(=O)N1CC2COCCN2C2(CN(Cc3ccccc3F)C2)C1. The summed E-state index contributed by atoms with van der Waals surface area (Å²) in [5.74, 6) is -0.186. The Bertz CT molecular complexity index is 751. The monoisotopic (exact) mass is 369 g/mol. The molecule has 0 bridgehead atoms. The number of sulfonamides is 1. The van der Waals surface area contributed by atoms with Gasteiger partial charge in [-0.2, -0.15) is 4.31 Å². The van der Waals surface area contributed by atoms with Crippen molar-refractivity contribution in [2.24, 2.45) is 0 Å². The van der Waals surface area contributed by atoms with Gasteiger partial charge in [-0.3, -0.25) is 9.80 Å². The summed E-state index contributed by atoms with van der Waals surface area (Å²) in [5, 5.41) is 0. The van der Waals surface area contributed by atoms with Crippen molar-refractivity contribution in [1.29, 1.82) is 0 Å². The molecule has 3 saturated heterocycles. The van der Waals surface area contributed by atoms with Gasteiger partial charge in [0.25, 0.3) is 0 Å². The number of rotatable bonds is 3. The van der Waals surface area contributed by atoms with Gasteiger partial charge in [-0.1, -0.05) is 18.2 Å². The molecule has 1 aromatic carbocycles. The van der Waals surface area contributed by atoms with Crippen molar-refractivity contribution in [1.82, 2.24) is 14.1 Å². The molecule has 25 heavy (non-hydrogen) atoms. The van der Waals surface area contributed by atoms with Crippen LogP contribution in [0.1, 0.15) is 5.56 Å². The Balaban J connectivity index is 1.51. The van der Waals surface area contributed by atoms with E-state index >= 15 is 0 Å². The number of fused-ring (bicyclic) bond motifs is 2. The van der Waals surface area contributed by atoms with Crippen LogP contribution in [0.3, 0.4) is 0 Å². The van der Waals surface area contributed by atoms with Crippen LogP contribution < -0.4 is 0 Å². The summed E-state index contributed by atoms with van der Waals surface area (Å²) in [4.78, 5) is 4.62. The van der Waals surface area contributed by atoms with E-state index in [0.29, 0.717) is 38.4 Å². The topological polar surface area (TPSA) is 53.1 Å². The first-order valence-electron chi connectivity index (χ1n) is 8.63. The Labute approximate surface area is 148 Å². The molecule has 4 rings (SSSR count). The third-order valence-electron chi connectivity index (χ3n) is 5.58. The third kappa shape index (κ3) is 3.21. The lowest BCUT2D eigenvalue weighted by atomic mass is 9.83. The predicted molar refractivity (Wildman–Crippen MR) is 92.1 cm³/mol. The molecule has 1 unspecified atom stereocenters. The molecule has 138 valence electrons. The average Bonchev–Trinajstić information content (AvgIpc) is 2.54. The zero-order valence-corrected chi connectivity index (χ0v) is 15.2. The lowest BCUT2D eigenvalue weighted by Gasteiger charge is -2.63. The van der Waals surface area contributed by atoms with Gasteiger partial charge >= 0.3 is 0 Å². The summed E-state index contributed by atoms with van der Waals surface area (Å²) in [6.45, 7) is 5.15. The quantitative estimate of drug-likeness (QED) is 0.770. The normalized spacial score (nSPS) is 27.8. The van der Waals surface area contributed by atoms with E-state index in [2.05, 4.69) is 9.80 Å². The summed E-state index contributed by atoms with van der Waals surface area (Å²) in [7, 11) is -3.23. The van der Waals surface area contributed by atoms with E-state index in [9.17, 15) is 12.8 Å². The van der Waals surface area contributed by atoms with Gasteiger partial charge in [-0.05, 0) is 6.07 Å². The first kappa shape index (κ1) is 17.4. The smallest absolute Gasteiger partial charge is 0.211 e. The Kier molecular flexibility index (Phi) is 4.36. The van der Waals surface area contributed by atoms with Crippen molar-refractivity contribution in [2.45, 2.75) is 18.1 Å². The van der Waals surface area contributed by atoms with Crippen LogP contribution >= 0.6 is 0 Å². The van der Waals surface area contributed by atoms with Crippen LogP contribution in [-0.2, 0) is 21.3 Å². The number of piperazine rings is 1. The number of nitrogens with zero attached hydrogens (tertiary/aromatic N) is 3. The van der Waals surface area contributed by atoms with E-state index in [4.69, 9.17) is 4.74 Å². The molecule has 3 aliphatic rings. The number of likely N-dealkylation sites (tertiary alicyclic amines) is 1. The van der Waals surface area contributed by atoms with Crippen LogP contribution in [0.25, 0.3) is 0 Å². The maximum atomic E-state index is 13.9. The molecule has 0 amide bonds. The molecule has 0 radical (unpaired) electrons. The van der Waals surface area contributed by atoms with Gasteiger partial charge in [0, 0.05) is 50.9 Å². The Morgan fingerprint density at radius 2 is 2.04 bits per heavy atom. The molecule has 3 fully saturated rings. The largest absolute Gasteiger partial charge is 0.378 e. The highest BCUT2D eigenvalue weighted by Gasteiger charge is 2.55. The fourth-order valence-corrected chi connectivity index (χ4v) is 5.37. The van der Waals surface area contributed by atoms with Crippen LogP contribution in [0, 0.1) is 5.82 Å². The second-order valence-electron chi connectivity index (χ2n) is 7.44. The molecular formula is C17H24FN3O3S. The van der Waals surface area contributed by atoms with Gasteiger partial charge in [0.15, 0.2) is 0 Å². The maximum absolute atomic E-state index is 13.9. The average molecular weight is 369 g/mol. The van der Waals surface area contributed by atoms with Gasteiger partial charge in [-0.15, -0.1) is 0 Å². The lowest BCUT2D eigenvalue weighted by Crippen LogP contribution is -2.80. The molecule has 3 heterocycles. The van der Waals surface area contributed by atoms with E-state index in [1.807, 2.05) is 12.1 Å². The van der Waals surface area contributed by atoms with Crippen molar-refractivity contribution < 1.29 is 17.5 Å². The van der Waals surface area contributed by atoms with Gasteiger partial charge in [0.05, 0.1) is 25.0 Å². The fourth-order valence-electron chi connectivity index (χ4n) is 4.45. The molecule has 0 saturated carbocycles. The molecule has 1 spiro atoms. The fraction of sp³-hybridized carbons (Fsp3) is 0.647. The number of benzene rings is 1. The first-order chi connectivity index (χ1) is 11.9. The number of hydrogen-bond acceptors (Lipinski definition) is 5. The van der Waals surface area contributed by atoms with Gasteiger partial charge in [0.1, 0.15) is 5.82 Å². The van der Waals surface area contributed by atoms with Crippen molar-refractivity contribution in [2.75, 3.05) is 52.2 Å². The number of hydrogen-bond donors (Lipinski definition) is 0. The minimum absolute atomic E-state index is 0.104.